The minimum atomic E-state index is -0.0713. The third-order valence-corrected chi connectivity index (χ3v) is 4.29. The summed E-state index contributed by atoms with van der Waals surface area (Å²) < 4.78 is 0.999. The number of thiazole rings is 1. The number of hydrogen-bond acceptors (Lipinski definition) is 4. The number of hydrogen-bond donors (Lipinski definition) is 1. The van der Waals surface area contributed by atoms with Gasteiger partial charge in [-0.15, -0.1) is 11.3 Å². The van der Waals surface area contributed by atoms with Crippen LogP contribution in [0.5, 0.6) is 0 Å². The highest BCUT2D eigenvalue weighted by Gasteiger charge is 2.08. The first kappa shape index (κ1) is 14.9. The molecule has 0 aliphatic rings. The monoisotopic (exact) mass is 373 g/mol. The van der Waals surface area contributed by atoms with E-state index in [0.29, 0.717) is 11.6 Å². The summed E-state index contributed by atoms with van der Waals surface area (Å²) >= 11 is 4.79. The molecule has 1 amide bonds. The summed E-state index contributed by atoms with van der Waals surface area (Å²) in [7, 11) is 0. The zero-order valence-corrected chi connectivity index (χ0v) is 13.9. The van der Waals surface area contributed by atoms with Gasteiger partial charge in [-0.05, 0) is 29.8 Å². The van der Waals surface area contributed by atoms with Gasteiger partial charge in [-0.2, -0.15) is 0 Å². The summed E-state index contributed by atoms with van der Waals surface area (Å²) in [4.78, 5) is 20.5. The largest absolute Gasteiger partial charge is 0.302 e. The van der Waals surface area contributed by atoms with Crippen molar-refractivity contribution in [3.05, 3.63) is 64.2 Å². The summed E-state index contributed by atoms with van der Waals surface area (Å²) in [6, 6.07) is 11.5. The van der Waals surface area contributed by atoms with Gasteiger partial charge in [0, 0.05) is 27.8 Å². The number of pyridine rings is 1. The number of carbonyl (C=O) groups is 1. The molecule has 1 N–H and O–H groups in total. The Bertz CT molecular complexity index is 772. The van der Waals surface area contributed by atoms with Gasteiger partial charge < -0.3 is 5.32 Å². The molecular weight excluding hydrogens is 362 g/mol. The van der Waals surface area contributed by atoms with Crippen LogP contribution in [0.3, 0.4) is 0 Å². The second-order valence-electron chi connectivity index (χ2n) is 4.63. The van der Waals surface area contributed by atoms with Crippen molar-refractivity contribution in [2.75, 3.05) is 5.32 Å². The van der Waals surface area contributed by atoms with Gasteiger partial charge in [0.05, 0.1) is 12.1 Å². The molecule has 1 aromatic carbocycles. The molecule has 6 heteroatoms. The van der Waals surface area contributed by atoms with Gasteiger partial charge in [0.15, 0.2) is 5.13 Å². The topological polar surface area (TPSA) is 54.9 Å². The smallest absolute Gasteiger partial charge is 0.230 e. The zero-order valence-electron chi connectivity index (χ0n) is 11.5. The lowest BCUT2D eigenvalue weighted by molar-refractivity contribution is -0.115. The molecule has 2 heterocycles. The third kappa shape index (κ3) is 3.78. The van der Waals surface area contributed by atoms with E-state index in [1.807, 2.05) is 41.8 Å². The van der Waals surface area contributed by atoms with Crippen LogP contribution in [-0.4, -0.2) is 15.9 Å². The average Bonchev–Trinajstić information content (AvgIpc) is 2.99. The van der Waals surface area contributed by atoms with E-state index in [4.69, 9.17) is 0 Å². The number of halogens is 1. The van der Waals surface area contributed by atoms with Gasteiger partial charge >= 0.3 is 0 Å². The molecule has 2 aromatic heterocycles. The minimum absolute atomic E-state index is 0.0713. The first-order valence-electron chi connectivity index (χ1n) is 6.61. The maximum atomic E-state index is 12.0. The number of carbonyl (C=O) groups excluding carboxylic acids is 1. The van der Waals surface area contributed by atoms with E-state index < -0.39 is 0 Å². The van der Waals surface area contributed by atoms with E-state index in [1.165, 1.54) is 11.3 Å². The Balaban J connectivity index is 1.65. The Kier molecular flexibility index (Phi) is 4.60. The fraction of sp³-hybridized carbons (Fsp3) is 0.0625. The molecule has 0 radical (unpaired) electrons. The van der Waals surface area contributed by atoms with Crippen LogP contribution in [0.25, 0.3) is 11.3 Å². The predicted octanol–water partition coefficient (Wildman–Crippen LogP) is 4.15. The second kappa shape index (κ2) is 6.81. The molecule has 0 saturated carbocycles. The second-order valence-corrected chi connectivity index (χ2v) is 6.40. The van der Waals surface area contributed by atoms with E-state index in [9.17, 15) is 4.79 Å². The van der Waals surface area contributed by atoms with Gasteiger partial charge in [-0.1, -0.05) is 28.1 Å². The summed E-state index contributed by atoms with van der Waals surface area (Å²) in [5.74, 6) is -0.0713. The van der Waals surface area contributed by atoms with Gasteiger partial charge in [0.2, 0.25) is 5.91 Å². The molecule has 0 saturated heterocycles. The molecule has 0 aliphatic heterocycles. The molecule has 0 atom stereocenters. The number of anilines is 1. The SMILES string of the molecule is O=C(Cc1ccc(Br)cc1)Nc1nc(-c2ccncc2)cs1. The van der Waals surface area contributed by atoms with E-state index >= 15 is 0 Å². The minimum Gasteiger partial charge on any atom is -0.302 e. The van der Waals surface area contributed by atoms with Crippen molar-refractivity contribution in [2.45, 2.75) is 6.42 Å². The Morgan fingerprint density at radius 1 is 1.14 bits per heavy atom. The van der Waals surface area contributed by atoms with Crippen LogP contribution in [0, 0.1) is 0 Å². The van der Waals surface area contributed by atoms with Crippen LogP contribution in [-0.2, 0) is 11.2 Å². The molecule has 22 heavy (non-hydrogen) atoms. The first-order valence-corrected chi connectivity index (χ1v) is 8.28. The molecule has 0 fully saturated rings. The quantitative estimate of drug-likeness (QED) is 0.747. The summed E-state index contributed by atoms with van der Waals surface area (Å²) in [5, 5.41) is 5.36. The molecule has 4 nitrogen and oxygen atoms in total. The standard InChI is InChI=1S/C16H12BrN3OS/c17-13-3-1-11(2-4-13)9-15(21)20-16-19-14(10-22-16)12-5-7-18-8-6-12/h1-8,10H,9H2,(H,19,20,21). The van der Waals surface area contributed by atoms with Gasteiger partial charge in [0.1, 0.15) is 0 Å². The summed E-state index contributed by atoms with van der Waals surface area (Å²) in [6.07, 6.45) is 3.78. The molecule has 110 valence electrons. The highest BCUT2D eigenvalue weighted by Crippen LogP contribution is 2.24. The number of amides is 1. The fourth-order valence-electron chi connectivity index (χ4n) is 1.94. The molecule has 0 unspecified atom stereocenters. The highest BCUT2D eigenvalue weighted by atomic mass is 79.9. The molecular formula is C16H12BrN3OS. The number of aromatic nitrogens is 2. The number of rotatable bonds is 4. The van der Waals surface area contributed by atoms with Crippen molar-refractivity contribution in [2.24, 2.45) is 0 Å². The fourth-order valence-corrected chi connectivity index (χ4v) is 2.94. The maximum absolute atomic E-state index is 12.0. The summed E-state index contributed by atoms with van der Waals surface area (Å²) in [6.45, 7) is 0. The van der Waals surface area contributed by atoms with E-state index in [1.54, 1.807) is 12.4 Å². The van der Waals surface area contributed by atoms with Gasteiger partial charge in [-0.25, -0.2) is 4.98 Å². The van der Waals surface area contributed by atoms with Crippen molar-refractivity contribution in [3.8, 4) is 11.3 Å². The van der Waals surface area contributed by atoms with Gasteiger partial charge in [-0.3, -0.25) is 9.78 Å². The average molecular weight is 374 g/mol. The van der Waals surface area contributed by atoms with E-state index in [-0.39, 0.29) is 5.91 Å². The van der Waals surface area contributed by atoms with E-state index in [2.05, 4.69) is 31.2 Å². The van der Waals surface area contributed by atoms with Crippen molar-refractivity contribution < 1.29 is 4.79 Å². The maximum Gasteiger partial charge on any atom is 0.230 e. The predicted molar refractivity (Wildman–Crippen MR) is 91.8 cm³/mol. The van der Waals surface area contributed by atoms with Crippen LogP contribution >= 0.6 is 27.3 Å². The zero-order chi connectivity index (χ0) is 15.4. The Labute approximate surface area is 140 Å². The van der Waals surface area contributed by atoms with Gasteiger partial charge in [0.25, 0.3) is 0 Å². The molecule has 0 aliphatic carbocycles. The van der Waals surface area contributed by atoms with Crippen molar-refractivity contribution in [1.29, 1.82) is 0 Å². The van der Waals surface area contributed by atoms with Crippen LogP contribution in [0.4, 0.5) is 5.13 Å². The molecule has 0 spiro atoms. The highest BCUT2D eigenvalue weighted by molar-refractivity contribution is 9.10. The summed E-state index contributed by atoms with van der Waals surface area (Å²) in [5.41, 5.74) is 2.79. The molecule has 0 bridgehead atoms. The van der Waals surface area contributed by atoms with Crippen LogP contribution < -0.4 is 5.32 Å². The number of nitrogens with one attached hydrogen (secondary N) is 1. The first-order chi connectivity index (χ1) is 10.7. The Morgan fingerprint density at radius 3 is 2.59 bits per heavy atom. The number of benzene rings is 1. The molecule has 3 rings (SSSR count). The lowest BCUT2D eigenvalue weighted by Gasteiger charge is -2.02. The lowest BCUT2D eigenvalue weighted by Crippen LogP contribution is -2.14. The molecule has 3 aromatic rings. The third-order valence-electron chi connectivity index (χ3n) is 3.00. The van der Waals surface area contributed by atoms with Crippen molar-refractivity contribution in [1.82, 2.24) is 9.97 Å². The van der Waals surface area contributed by atoms with Crippen LogP contribution in [0.1, 0.15) is 5.56 Å². The normalized spacial score (nSPS) is 10.4. The Hall–Kier alpha value is -2.05. The lowest BCUT2D eigenvalue weighted by atomic mass is 10.1. The Morgan fingerprint density at radius 2 is 1.86 bits per heavy atom. The van der Waals surface area contributed by atoms with Crippen molar-refractivity contribution in [3.63, 3.8) is 0 Å². The van der Waals surface area contributed by atoms with Crippen molar-refractivity contribution >= 4 is 38.3 Å². The van der Waals surface area contributed by atoms with Crippen LogP contribution in [0.15, 0.2) is 58.6 Å². The van der Waals surface area contributed by atoms with E-state index in [0.717, 1.165) is 21.3 Å². The van der Waals surface area contributed by atoms with Crippen LogP contribution in [0.2, 0.25) is 0 Å². The number of nitrogens with zero attached hydrogens (tertiary/aromatic N) is 2.